The fraction of sp³-hybridized carbons (Fsp3) is 0.895. The second kappa shape index (κ2) is 15.0. The SMILES string of the molecule is C=COC(CCC)CCCCCCCCCC(OC)(OC)OC. The van der Waals surface area contributed by atoms with Crippen LogP contribution in [-0.4, -0.2) is 33.4 Å². The third kappa shape index (κ3) is 10.7. The Morgan fingerprint density at radius 2 is 1.35 bits per heavy atom. The monoisotopic (exact) mass is 330 g/mol. The van der Waals surface area contributed by atoms with Crippen molar-refractivity contribution in [1.29, 1.82) is 0 Å². The van der Waals surface area contributed by atoms with E-state index >= 15 is 0 Å². The maximum absolute atomic E-state index is 5.53. The lowest BCUT2D eigenvalue weighted by Crippen LogP contribution is -2.35. The zero-order chi connectivity index (χ0) is 17.4. The van der Waals surface area contributed by atoms with Gasteiger partial charge >= 0.3 is 0 Å². The molecule has 23 heavy (non-hydrogen) atoms. The van der Waals surface area contributed by atoms with E-state index in [4.69, 9.17) is 18.9 Å². The van der Waals surface area contributed by atoms with E-state index in [1.165, 1.54) is 44.9 Å². The molecule has 138 valence electrons. The van der Waals surface area contributed by atoms with Gasteiger partial charge in [0.1, 0.15) is 0 Å². The third-order valence-electron chi connectivity index (χ3n) is 4.34. The van der Waals surface area contributed by atoms with Gasteiger partial charge in [0.2, 0.25) is 0 Å². The Labute approximate surface area is 143 Å². The molecule has 0 rings (SSSR count). The highest BCUT2D eigenvalue weighted by molar-refractivity contribution is 4.63. The zero-order valence-corrected chi connectivity index (χ0v) is 15.8. The van der Waals surface area contributed by atoms with E-state index in [0.29, 0.717) is 6.10 Å². The first-order valence-corrected chi connectivity index (χ1v) is 9.09. The largest absolute Gasteiger partial charge is 0.499 e. The van der Waals surface area contributed by atoms with Gasteiger partial charge in [-0.25, -0.2) is 0 Å². The normalized spacial score (nSPS) is 13.0. The van der Waals surface area contributed by atoms with Gasteiger partial charge in [-0.1, -0.05) is 52.0 Å². The predicted octanol–water partition coefficient (Wildman–Crippen LogP) is 5.42. The molecule has 0 aliphatic rings. The van der Waals surface area contributed by atoms with E-state index in [1.807, 2.05) is 0 Å². The van der Waals surface area contributed by atoms with Crippen molar-refractivity contribution in [1.82, 2.24) is 0 Å². The summed E-state index contributed by atoms with van der Waals surface area (Å²) in [6.45, 7) is 5.85. The highest BCUT2D eigenvalue weighted by Gasteiger charge is 2.28. The first-order valence-electron chi connectivity index (χ1n) is 9.09. The fourth-order valence-electron chi connectivity index (χ4n) is 2.89. The Kier molecular flexibility index (Phi) is 14.6. The lowest BCUT2D eigenvalue weighted by atomic mass is 10.0. The van der Waals surface area contributed by atoms with Crippen LogP contribution in [0.4, 0.5) is 0 Å². The highest BCUT2D eigenvalue weighted by atomic mass is 16.9. The van der Waals surface area contributed by atoms with Crippen LogP contribution >= 0.6 is 0 Å². The molecule has 0 aromatic carbocycles. The van der Waals surface area contributed by atoms with Crippen molar-refractivity contribution in [2.75, 3.05) is 21.3 Å². The summed E-state index contributed by atoms with van der Waals surface area (Å²) in [7, 11) is 4.86. The summed E-state index contributed by atoms with van der Waals surface area (Å²) in [6, 6.07) is 0. The standard InChI is InChI=1S/C19H38O4/c1-6-15-18(23-7-2)16-13-11-9-8-10-12-14-17-19(20-3,21-4)22-5/h7,18H,2,6,8-17H2,1,3-5H3. The number of unbranched alkanes of at least 4 members (excludes halogenated alkanes) is 6. The van der Waals surface area contributed by atoms with Crippen LogP contribution in [-0.2, 0) is 18.9 Å². The Balaban J connectivity index is 3.54. The fourth-order valence-corrected chi connectivity index (χ4v) is 2.89. The number of hydrogen-bond acceptors (Lipinski definition) is 4. The molecular weight excluding hydrogens is 292 g/mol. The maximum Gasteiger partial charge on any atom is 0.282 e. The van der Waals surface area contributed by atoms with E-state index < -0.39 is 5.97 Å². The molecule has 0 heterocycles. The minimum Gasteiger partial charge on any atom is -0.499 e. The van der Waals surface area contributed by atoms with Crippen molar-refractivity contribution >= 4 is 0 Å². The zero-order valence-electron chi connectivity index (χ0n) is 15.8. The second-order valence-corrected chi connectivity index (χ2v) is 6.02. The summed E-state index contributed by atoms with van der Waals surface area (Å²) < 4.78 is 21.4. The predicted molar refractivity (Wildman–Crippen MR) is 95.3 cm³/mol. The van der Waals surface area contributed by atoms with E-state index in [1.54, 1.807) is 27.6 Å². The first-order chi connectivity index (χ1) is 11.2. The van der Waals surface area contributed by atoms with Crippen LogP contribution in [0.1, 0.15) is 77.6 Å². The number of hydrogen-bond donors (Lipinski definition) is 0. The molecule has 0 aliphatic carbocycles. The van der Waals surface area contributed by atoms with Crippen molar-refractivity contribution < 1.29 is 18.9 Å². The van der Waals surface area contributed by atoms with Gasteiger partial charge in [-0.05, 0) is 25.7 Å². The molecule has 0 fully saturated rings. The molecule has 0 N–H and O–H groups in total. The Morgan fingerprint density at radius 3 is 1.83 bits per heavy atom. The summed E-state index contributed by atoms with van der Waals surface area (Å²) in [4.78, 5) is 0. The maximum atomic E-state index is 5.53. The average molecular weight is 331 g/mol. The van der Waals surface area contributed by atoms with Gasteiger partial charge in [-0.3, -0.25) is 0 Å². The Bertz CT molecular complexity index is 256. The third-order valence-corrected chi connectivity index (χ3v) is 4.34. The highest BCUT2D eigenvalue weighted by Crippen LogP contribution is 2.21. The molecule has 1 unspecified atom stereocenters. The number of ether oxygens (including phenoxy) is 4. The van der Waals surface area contributed by atoms with Crippen molar-refractivity contribution in [3.05, 3.63) is 12.8 Å². The van der Waals surface area contributed by atoms with Crippen LogP contribution in [0.2, 0.25) is 0 Å². The van der Waals surface area contributed by atoms with Crippen LogP contribution < -0.4 is 0 Å². The Morgan fingerprint density at radius 1 is 0.826 bits per heavy atom. The molecule has 0 aliphatic heterocycles. The summed E-state index contributed by atoms with van der Waals surface area (Å²) in [5.41, 5.74) is 0. The van der Waals surface area contributed by atoms with Crippen molar-refractivity contribution in [2.45, 2.75) is 89.6 Å². The first kappa shape index (κ1) is 22.4. The minimum absolute atomic E-state index is 0.364. The molecule has 4 nitrogen and oxygen atoms in total. The van der Waals surface area contributed by atoms with E-state index in [9.17, 15) is 0 Å². The van der Waals surface area contributed by atoms with Gasteiger partial charge in [0, 0.05) is 27.8 Å². The van der Waals surface area contributed by atoms with E-state index in [-0.39, 0.29) is 0 Å². The summed E-state index contributed by atoms with van der Waals surface area (Å²) >= 11 is 0. The molecule has 0 aromatic rings. The van der Waals surface area contributed by atoms with Crippen LogP contribution in [0.15, 0.2) is 12.8 Å². The molecule has 0 radical (unpaired) electrons. The van der Waals surface area contributed by atoms with Gasteiger partial charge < -0.3 is 18.9 Å². The molecule has 0 spiro atoms. The van der Waals surface area contributed by atoms with Crippen LogP contribution in [0.5, 0.6) is 0 Å². The number of methoxy groups -OCH3 is 3. The van der Waals surface area contributed by atoms with Gasteiger partial charge in [0.05, 0.1) is 12.4 Å². The van der Waals surface area contributed by atoms with Gasteiger partial charge in [0.25, 0.3) is 5.97 Å². The molecule has 1 atom stereocenters. The topological polar surface area (TPSA) is 36.9 Å². The molecule has 0 saturated carbocycles. The molecule has 0 bridgehead atoms. The summed E-state index contributed by atoms with van der Waals surface area (Å²) in [5, 5.41) is 0. The van der Waals surface area contributed by atoms with Crippen molar-refractivity contribution in [3.63, 3.8) is 0 Å². The van der Waals surface area contributed by atoms with Gasteiger partial charge in [0.15, 0.2) is 0 Å². The van der Waals surface area contributed by atoms with Crippen molar-refractivity contribution in [2.24, 2.45) is 0 Å². The second-order valence-electron chi connectivity index (χ2n) is 6.02. The summed E-state index contributed by atoms with van der Waals surface area (Å²) in [6.07, 6.45) is 14.8. The van der Waals surface area contributed by atoms with E-state index in [2.05, 4.69) is 13.5 Å². The summed E-state index contributed by atoms with van der Waals surface area (Å²) in [5.74, 6) is -0.862. The number of rotatable bonds is 17. The smallest absolute Gasteiger partial charge is 0.282 e. The van der Waals surface area contributed by atoms with Crippen molar-refractivity contribution in [3.8, 4) is 0 Å². The lowest BCUT2D eigenvalue weighted by molar-refractivity contribution is -0.355. The minimum atomic E-state index is -0.862. The average Bonchev–Trinajstić information content (AvgIpc) is 2.57. The van der Waals surface area contributed by atoms with Gasteiger partial charge in [-0.15, -0.1) is 0 Å². The van der Waals surface area contributed by atoms with Crippen LogP contribution in [0.3, 0.4) is 0 Å². The molecule has 4 heteroatoms. The molecule has 0 saturated heterocycles. The quantitative estimate of drug-likeness (QED) is 0.203. The molecule has 0 amide bonds. The van der Waals surface area contributed by atoms with Gasteiger partial charge in [-0.2, -0.15) is 0 Å². The van der Waals surface area contributed by atoms with Crippen LogP contribution in [0.25, 0.3) is 0 Å². The van der Waals surface area contributed by atoms with Crippen LogP contribution in [0, 0.1) is 0 Å². The molecule has 0 aromatic heterocycles. The molecular formula is C19H38O4. The van der Waals surface area contributed by atoms with E-state index in [0.717, 1.165) is 25.7 Å². The Hall–Kier alpha value is -0.580. The lowest BCUT2D eigenvalue weighted by Gasteiger charge is -2.28.